The first kappa shape index (κ1) is 28.2. The molecule has 9 heteroatoms. The zero-order valence-electron chi connectivity index (χ0n) is 23.0. The Morgan fingerprint density at radius 1 is 1.25 bits per heavy atom. The van der Waals surface area contributed by atoms with E-state index in [1.807, 2.05) is 0 Å². The Hall–Kier alpha value is 0.00182. The van der Waals surface area contributed by atoms with Gasteiger partial charge in [-0.3, -0.25) is 0 Å². The van der Waals surface area contributed by atoms with E-state index in [1.54, 1.807) is 0 Å². The fourth-order valence-corrected chi connectivity index (χ4v) is 6.82. The standard InChI is InChI=1S/C23H46BN2O4PSi/c1-13-23(14-2)20(19(21(24)28-23)30-32(11,12)22(7,8)9)29-31(27-16-15-25-10)26(17(3)4)18(5)6/h17-21H,13-16H2,1-9,11-12H3/t19-,20?,21+,31?/m0/s1/i1D/t19-,20?,21+,23+,31?. The van der Waals surface area contributed by atoms with E-state index in [0.29, 0.717) is 19.4 Å². The smallest absolute Gasteiger partial charge is 0.259 e. The summed E-state index contributed by atoms with van der Waals surface area (Å²) in [6, 6.07) is -0.263. The van der Waals surface area contributed by atoms with Crippen LogP contribution in [-0.4, -0.2) is 69.9 Å². The molecule has 0 aromatic carbocycles. The second-order valence-electron chi connectivity index (χ2n) is 10.6. The highest BCUT2D eigenvalue weighted by Gasteiger charge is 2.56. The molecule has 1 aliphatic heterocycles. The first-order valence-electron chi connectivity index (χ1n) is 12.5. The van der Waals surface area contributed by atoms with Gasteiger partial charge in [-0.15, -0.1) is 0 Å². The highest BCUT2D eigenvalue weighted by molar-refractivity contribution is 7.44. The zero-order chi connectivity index (χ0) is 25.6. The second-order valence-corrected chi connectivity index (χ2v) is 16.8. The summed E-state index contributed by atoms with van der Waals surface area (Å²) in [5.74, 6) is 0. The van der Waals surface area contributed by atoms with Gasteiger partial charge in [-0.1, -0.05) is 34.6 Å². The van der Waals surface area contributed by atoms with Gasteiger partial charge in [0.05, 0.1) is 11.7 Å². The summed E-state index contributed by atoms with van der Waals surface area (Å²) in [7, 11) is 2.88. The van der Waals surface area contributed by atoms with Crippen LogP contribution >= 0.6 is 8.53 Å². The minimum absolute atomic E-state index is 0.00290. The lowest BCUT2D eigenvalue weighted by atomic mass is 9.86. The van der Waals surface area contributed by atoms with E-state index >= 15 is 0 Å². The SMILES string of the molecule is [2H]CC[C@]1(CC)O[C@@H]([B])[C@@H](O[Si](C)(C)C(C)(C)C)C1OP(OCC[N+]#[C-])N(C(C)C)C(C)C. The van der Waals surface area contributed by atoms with Crippen molar-refractivity contribution in [3.8, 4) is 0 Å². The van der Waals surface area contributed by atoms with Gasteiger partial charge in [0.15, 0.2) is 8.32 Å². The minimum atomic E-state index is -2.18. The summed E-state index contributed by atoms with van der Waals surface area (Å²) in [4.78, 5) is 3.44. The van der Waals surface area contributed by atoms with Crippen molar-refractivity contribution in [2.45, 2.75) is 129 Å². The van der Waals surface area contributed by atoms with Gasteiger partial charge in [0.25, 0.3) is 8.53 Å². The van der Waals surface area contributed by atoms with Crippen LogP contribution in [-0.2, 0) is 18.2 Å². The molecule has 2 unspecified atom stereocenters. The third-order valence-corrected chi connectivity index (χ3v) is 13.2. The molecular weight excluding hydrogens is 438 g/mol. The number of hydrogen-bond donors (Lipinski definition) is 0. The van der Waals surface area contributed by atoms with Crippen LogP contribution in [0.25, 0.3) is 4.85 Å². The van der Waals surface area contributed by atoms with E-state index in [4.69, 9.17) is 34.0 Å². The molecule has 5 atom stereocenters. The molecule has 2 radical (unpaired) electrons. The molecule has 1 heterocycles. The number of rotatable bonds is 12. The summed E-state index contributed by atoms with van der Waals surface area (Å²) >= 11 is 0. The maximum Gasteiger partial charge on any atom is 0.259 e. The molecule has 0 aromatic rings. The van der Waals surface area contributed by atoms with Crippen LogP contribution in [0.5, 0.6) is 0 Å². The largest absolute Gasteiger partial charge is 0.409 e. The van der Waals surface area contributed by atoms with Crippen molar-refractivity contribution in [3.63, 3.8) is 0 Å². The minimum Gasteiger partial charge on any atom is -0.409 e. The van der Waals surface area contributed by atoms with Crippen molar-refractivity contribution >= 4 is 24.7 Å². The molecule has 6 nitrogen and oxygen atoms in total. The van der Waals surface area contributed by atoms with Crippen molar-refractivity contribution < 1.29 is 19.6 Å². The summed E-state index contributed by atoms with van der Waals surface area (Å²) in [5, 5.41) is 0.00290. The van der Waals surface area contributed by atoms with E-state index in [0.717, 1.165) is 0 Å². The van der Waals surface area contributed by atoms with Gasteiger partial charge >= 0.3 is 0 Å². The molecule has 0 aliphatic carbocycles. The normalized spacial score (nSPS) is 28.4. The molecule has 1 rings (SSSR count). The van der Waals surface area contributed by atoms with Crippen LogP contribution in [0.15, 0.2) is 0 Å². The molecule has 0 amide bonds. The summed E-state index contributed by atoms with van der Waals surface area (Å²) < 4.78 is 36.4. The Balaban J connectivity index is 3.43. The van der Waals surface area contributed by atoms with E-state index in [-0.39, 0.29) is 30.6 Å². The predicted octanol–water partition coefficient (Wildman–Crippen LogP) is 6.13. The molecule has 0 saturated carbocycles. The third-order valence-electron chi connectivity index (χ3n) is 6.63. The zero-order valence-corrected chi connectivity index (χ0v) is 23.9. The Labute approximate surface area is 202 Å². The van der Waals surface area contributed by atoms with E-state index in [2.05, 4.69) is 78.0 Å². The summed E-state index contributed by atoms with van der Waals surface area (Å²) in [6.45, 7) is 29.5. The van der Waals surface area contributed by atoms with Gasteiger partial charge in [-0.25, -0.2) is 11.2 Å². The average molecular weight is 486 g/mol. The molecule has 0 N–H and O–H groups in total. The lowest BCUT2D eigenvalue weighted by Crippen LogP contribution is -2.52. The Morgan fingerprint density at radius 3 is 2.28 bits per heavy atom. The molecular formula is C23H46BN2O4PSi. The molecule has 0 aromatic heterocycles. The molecule has 0 spiro atoms. The van der Waals surface area contributed by atoms with E-state index in [9.17, 15) is 0 Å². The number of nitrogens with zero attached hydrogens (tertiary/aromatic N) is 2. The summed E-state index contributed by atoms with van der Waals surface area (Å²) in [5.41, 5.74) is -0.711. The third kappa shape index (κ3) is 7.01. The lowest BCUT2D eigenvalue weighted by molar-refractivity contribution is -0.0679. The van der Waals surface area contributed by atoms with E-state index < -0.39 is 40.7 Å². The highest BCUT2D eigenvalue weighted by Crippen LogP contribution is 2.53. The molecule has 32 heavy (non-hydrogen) atoms. The van der Waals surface area contributed by atoms with Gasteiger partial charge in [0, 0.05) is 19.5 Å². The van der Waals surface area contributed by atoms with Gasteiger partial charge in [0.2, 0.25) is 6.54 Å². The number of ether oxygens (including phenoxy) is 1. The van der Waals surface area contributed by atoms with Crippen molar-refractivity contribution in [2.75, 3.05) is 13.2 Å². The van der Waals surface area contributed by atoms with Crippen molar-refractivity contribution in [1.82, 2.24) is 4.67 Å². The predicted molar refractivity (Wildman–Crippen MR) is 137 cm³/mol. The van der Waals surface area contributed by atoms with Crippen LogP contribution in [0.3, 0.4) is 0 Å². The Bertz CT molecular complexity index is 639. The highest BCUT2D eigenvalue weighted by atomic mass is 31.2. The fourth-order valence-electron chi connectivity index (χ4n) is 3.73. The van der Waals surface area contributed by atoms with Crippen LogP contribution in [0.4, 0.5) is 0 Å². The fraction of sp³-hybridized carbons (Fsp3) is 0.957. The van der Waals surface area contributed by atoms with Crippen LogP contribution in [0, 0.1) is 6.57 Å². The molecule has 1 aliphatic rings. The number of hydrogen-bond acceptors (Lipinski definition) is 5. The van der Waals surface area contributed by atoms with E-state index in [1.165, 1.54) is 0 Å². The lowest BCUT2D eigenvalue weighted by Gasteiger charge is -2.43. The van der Waals surface area contributed by atoms with Crippen LogP contribution < -0.4 is 0 Å². The summed E-state index contributed by atoms with van der Waals surface area (Å²) in [6.07, 6.45) is 0.258. The average Bonchev–Trinajstić information content (AvgIpc) is 2.92. The van der Waals surface area contributed by atoms with Crippen molar-refractivity contribution in [3.05, 3.63) is 11.4 Å². The van der Waals surface area contributed by atoms with Crippen LogP contribution in [0.2, 0.25) is 18.1 Å². The van der Waals surface area contributed by atoms with Crippen LogP contribution in [0.1, 0.15) is 76.5 Å². The van der Waals surface area contributed by atoms with Crippen molar-refractivity contribution in [1.29, 1.82) is 0 Å². The van der Waals surface area contributed by atoms with Gasteiger partial charge in [-0.2, -0.15) is 0 Å². The topological polar surface area (TPSA) is 44.5 Å². The first-order chi connectivity index (χ1) is 15.2. The molecule has 1 fully saturated rings. The quantitative estimate of drug-likeness (QED) is 0.144. The maximum absolute atomic E-state index is 7.96. The van der Waals surface area contributed by atoms with Gasteiger partial charge in [0.1, 0.15) is 20.6 Å². The maximum atomic E-state index is 7.96. The van der Waals surface area contributed by atoms with Crippen molar-refractivity contribution in [2.24, 2.45) is 0 Å². The van der Waals surface area contributed by atoms with Gasteiger partial charge in [-0.05, 0) is 58.7 Å². The molecule has 0 bridgehead atoms. The molecule has 184 valence electrons. The monoisotopic (exact) mass is 485 g/mol. The first-order valence-corrected chi connectivity index (χ1v) is 15.8. The van der Waals surface area contributed by atoms with Gasteiger partial charge < -0.3 is 23.1 Å². The Kier molecular flexibility index (Phi) is 10.7. The molecule has 1 saturated heterocycles. The second kappa shape index (κ2) is 12.1. The Morgan fingerprint density at radius 2 is 1.84 bits per heavy atom.